The second-order valence-electron chi connectivity index (χ2n) is 5.92. The van der Waals surface area contributed by atoms with E-state index < -0.39 is 0 Å². The maximum atomic E-state index is 12.5. The molecule has 0 saturated heterocycles. The third-order valence-electron chi connectivity index (χ3n) is 3.70. The Morgan fingerprint density at radius 1 is 1.19 bits per heavy atom. The molecular weight excluding hydrogens is 384 g/mol. The molecule has 0 aromatic heterocycles. The van der Waals surface area contributed by atoms with E-state index in [1.165, 1.54) is 18.9 Å². The summed E-state index contributed by atoms with van der Waals surface area (Å²) in [7, 11) is 1.54. The lowest BCUT2D eigenvalue weighted by molar-refractivity contribution is -0.116. The number of anilines is 2. The average molecular weight is 407 g/mol. The maximum absolute atomic E-state index is 12.5. The van der Waals surface area contributed by atoms with Gasteiger partial charge in [-0.1, -0.05) is 24.6 Å². The molecule has 5 nitrogen and oxygen atoms in total. The number of ether oxygens (including phenoxy) is 1. The summed E-state index contributed by atoms with van der Waals surface area (Å²) in [5, 5.41) is 5.87. The molecule has 0 aliphatic heterocycles. The zero-order valence-electron chi connectivity index (χ0n) is 15.5. The summed E-state index contributed by atoms with van der Waals surface area (Å²) in [5.74, 6) is 0.366. The summed E-state index contributed by atoms with van der Waals surface area (Å²) < 4.78 is 5.25. The number of hydrogen-bond donors (Lipinski definition) is 2. The van der Waals surface area contributed by atoms with Gasteiger partial charge in [-0.2, -0.15) is 0 Å². The number of methoxy groups -OCH3 is 1. The first-order valence-electron chi connectivity index (χ1n) is 8.64. The Bertz CT molecular complexity index is 814. The van der Waals surface area contributed by atoms with Crippen LogP contribution in [0.2, 0.25) is 5.02 Å². The second-order valence-corrected chi connectivity index (χ2v) is 7.77. The average Bonchev–Trinajstić information content (AvgIpc) is 2.62. The molecule has 0 spiro atoms. The van der Waals surface area contributed by atoms with Crippen molar-refractivity contribution >= 4 is 46.6 Å². The Balaban J connectivity index is 2.02. The van der Waals surface area contributed by atoms with Gasteiger partial charge in [0.15, 0.2) is 0 Å². The first kappa shape index (κ1) is 21.1. The second kappa shape index (κ2) is 10.2. The van der Waals surface area contributed by atoms with Gasteiger partial charge in [-0.3, -0.25) is 9.59 Å². The lowest BCUT2D eigenvalue weighted by atomic mass is 10.3. The smallest absolute Gasteiger partial charge is 0.237 e. The minimum absolute atomic E-state index is 0.0153. The molecule has 0 heterocycles. The van der Waals surface area contributed by atoms with E-state index in [1.54, 1.807) is 18.2 Å². The molecule has 0 saturated carbocycles. The van der Waals surface area contributed by atoms with Crippen LogP contribution in [-0.2, 0) is 9.59 Å². The zero-order valence-corrected chi connectivity index (χ0v) is 17.1. The molecule has 0 aliphatic carbocycles. The Morgan fingerprint density at radius 3 is 2.67 bits per heavy atom. The quantitative estimate of drug-likeness (QED) is 0.591. The van der Waals surface area contributed by atoms with Crippen LogP contribution in [0.15, 0.2) is 47.4 Å². The lowest BCUT2D eigenvalue weighted by Crippen LogP contribution is -2.22. The van der Waals surface area contributed by atoms with Crippen LogP contribution in [0, 0.1) is 0 Å². The number of rotatable bonds is 8. The third-order valence-corrected chi connectivity index (χ3v) is 5.03. The molecule has 2 N–H and O–H groups in total. The third kappa shape index (κ3) is 6.48. The summed E-state index contributed by atoms with van der Waals surface area (Å²) in [6.07, 6.45) is 1.28. The number of carbonyl (C=O) groups is 2. The van der Waals surface area contributed by atoms with E-state index in [4.69, 9.17) is 16.3 Å². The number of nitrogens with one attached hydrogen (secondary N) is 2. The summed E-state index contributed by atoms with van der Waals surface area (Å²) in [4.78, 5) is 25.2. The molecule has 2 aromatic carbocycles. The van der Waals surface area contributed by atoms with Crippen LogP contribution in [0.4, 0.5) is 11.4 Å². The monoisotopic (exact) mass is 406 g/mol. The van der Waals surface area contributed by atoms with Crippen LogP contribution < -0.4 is 15.4 Å². The molecule has 1 atom stereocenters. The van der Waals surface area contributed by atoms with Gasteiger partial charge in [0.25, 0.3) is 0 Å². The van der Waals surface area contributed by atoms with E-state index >= 15 is 0 Å². The van der Waals surface area contributed by atoms with Crippen molar-refractivity contribution in [1.29, 1.82) is 0 Å². The number of benzene rings is 2. The van der Waals surface area contributed by atoms with E-state index in [0.717, 1.165) is 17.0 Å². The fourth-order valence-corrected chi connectivity index (χ4v) is 3.47. The van der Waals surface area contributed by atoms with E-state index in [9.17, 15) is 9.59 Å². The molecule has 0 bridgehead atoms. The number of amides is 2. The molecule has 1 unspecified atom stereocenters. The van der Waals surface area contributed by atoms with Crippen LogP contribution in [0.5, 0.6) is 5.75 Å². The summed E-state index contributed by atoms with van der Waals surface area (Å²) in [6, 6.07) is 12.5. The number of thioether (sulfide) groups is 1. The van der Waals surface area contributed by atoms with Crippen molar-refractivity contribution in [2.75, 3.05) is 17.7 Å². The zero-order chi connectivity index (χ0) is 19.8. The fourth-order valence-electron chi connectivity index (χ4n) is 2.37. The molecule has 0 radical (unpaired) electrons. The van der Waals surface area contributed by atoms with E-state index in [0.29, 0.717) is 22.9 Å². The molecule has 2 amide bonds. The molecule has 2 rings (SSSR count). The maximum Gasteiger partial charge on any atom is 0.237 e. The first-order chi connectivity index (χ1) is 12.9. The molecule has 7 heteroatoms. The molecule has 0 aliphatic rings. The molecule has 2 aromatic rings. The minimum atomic E-state index is -0.352. The van der Waals surface area contributed by atoms with Crippen LogP contribution in [0.1, 0.15) is 26.7 Å². The highest BCUT2D eigenvalue weighted by Crippen LogP contribution is 2.30. The van der Waals surface area contributed by atoms with Gasteiger partial charge >= 0.3 is 0 Å². The standard InChI is InChI=1S/C20H23ClN2O3S/c1-4-6-19(24)22-15-7-5-8-16(12-15)27-13(2)20(25)23-17-11-14(21)9-10-18(17)26-3/h5,7-13H,4,6H2,1-3H3,(H,22,24)(H,23,25). The lowest BCUT2D eigenvalue weighted by Gasteiger charge is -2.15. The Morgan fingerprint density at radius 2 is 1.96 bits per heavy atom. The summed E-state index contributed by atoms with van der Waals surface area (Å²) >= 11 is 7.41. The SMILES string of the molecule is CCCC(=O)Nc1cccc(SC(C)C(=O)Nc2cc(Cl)ccc2OC)c1. The van der Waals surface area contributed by atoms with Crippen molar-refractivity contribution in [3.05, 3.63) is 47.5 Å². The molecule has 0 fully saturated rings. The minimum Gasteiger partial charge on any atom is -0.495 e. The van der Waals surface area contributed by atoms with E-state index in [2.05, 4.69) is 10.6 Å². The van der Waals surface area contributed by atoms with E-state index in [-0.39, 0.29) is 17.1 Å². The van der Waals surface area contributed by atoms with Gasteiger partial charge in [-0.15, -0.1) is 11.8 Å². The van der Waals surface area contributed by atoms with Gasteiger partial charge in [0.2, 0.25) is 11.8 Å². The van der Waals surface area contributed by atoms with Gasteiger partial charge in [0.05, 0.1) is 18.0 Å². The van der Waals surface area contributed by atoms with Gasteiger partial charge in [-0.25, -0.2) is 0 Å². The molecule has 144 valence electrons. The fraction of sp³-hybridized carbons (Fsp3) is 0.300. The topological polar surface area (TPSA) is 67.4 Å². The molecular formula is C20H23ClN2O3S. The Hall–Kier alpha value is -2.18. The highest BCUT2D eigenvalue weighted by Gasteiger charge is 2.17. The van der Waals surface area contributed by atoms with E-state index in [1.807, 2.05) is 38.1 Å². The van der Waals surface area contributed by atoms with Crippen molar-refractivity contribution in [1.82, 2.24) is 0 Å². The van der Waals surface area contributed by atoms with Crippen molar-refractivity contribution in [3.8, 4) is 5.75 Å². The van der Waals surface area contributed by atoms with Crippen molar-refractivity contribution in [2.24, 2.45) is 0 Å². The van der Waals surface area contributed by atoms with Crippen molar-refractivity contribution in [3.63, 3.8) is 0 Å². The van der Waals surface area contributed by atoms with Crippen molar-refractivity contribution in [2.45, 2.75) is 36.8 Å². The number of carbonyl (C=O) groups excluding carboxylic acids is 2. The van der Waals surface area contributed by atoms with Gasteiger partial charge < -0.3 is 15.4 Å². The van der Waals surface area contributed by atoms with Crippen LogP contribution >= 0.6 is 23.4 Å². The van der Waals surface area contributed by atoms with Crippen LogP contribution in [0.3, 0.4) is 0 Å². The van der Waals surface area contributed by atoms with Crippen molar-refractivity contribution < 1.29 is 14.3 Å². The summed E-state index contributed by atoms with van der Waals surface area (Å²) in [5.41, 5.74) is 1.26. The number of halogens is 1. The Kier molecular flexibility index (Phi) is 8.00. The largest absolute Gasteiger partial charge is 0.495 e. The highest BCUT2D eigenvalue weighted by atomic mass is 35.5. The first-order valence-corrected chi connectivity index (χ1v) is 9.89. The number of hydrogen-bond acceptors (Lipinski definition) is 4. The van der Waals surface area contributed by atoms with Gasteiger partial charge in [0.1, 0.15) is 5.75 Å². The Labute approximate surface area is 168 Å². The predicted molar refractivity (Wildman–Crippen MR) is 112 cm³/mol. The van der Waals surface area contributed by atoms with Gasteiger partial charge in [0, 0.05) is 22.0 Å². The van der Waals surface area contributed by atoms with Gasteiger partial charge in [-0.05, 0) is 49.7 Å². The normalized spacial score (nSPS) is 11.6. The summed E-state index contributed by atoms with van der Waals surface area (Å²) in [6.45, 7) is 3.78. The predicted octanol–water partition coefficient (Wildman–Crippen LogP) is 5.21. The van der Waals surface area contributed by atoms with Crippen LogP contribution in [0.25, 0.3) is 0 Å². The molecule has 27 heavy (non-hydrogen) atoms. The highest BCUT2D eigenvalue weighted by molar-refractivity contribution is 8.00. The van der Waals surface area contributed by atoms with Crippen LogP contribution in [-0.4, -0.2) is 24.2 Å².